The normalized spacial score (nSPS) is 11.8. The number of ether oxygens (including phenoxy) is 1. The van der Waals surface area contributed by atoms with Crippen molar-refractivity contribution >= 4 is 17.7 Å². The maximum absolute atomic E-state index is 11.8. The highest BCUT2D eigenvalue weighted by Crippen LogP contribution is 2.41. The van der Waals surface area contributed by atoms with Gasteiger partial charge in [-0.25, -0.2) is 4.79 Å². The SMILES string of the molecule is C=C(C(=O)OC)C1=C(Sc2ccccc2)CC(C)=C(C)C1.CC.CC.CC.CO. The van der Waals surface area contributed by atoms with Gasteiger partial charge in [-0.1, -0.05) is 89.2 Å². The number of aliphatic hydroxyl groups is 1. The molecule has 0 fully saturated rings. The van der Waals surface area contributed by atoms with E-state index in [-0.39, 0.29) is 5.97 Å². The second-order valence-corrected chi connectivity index (χ2v) is 6.37. The van der Waals surface area contributed by atoms with Gasteiger partial charge in [-0.3, -0.25) is 0 Å². The second-order valence-electron chi connectivity index (χ2n) is 5.20. The molecule has 0 amide bonds. The Kier molecular flexibility index (Phi) is 23.0. The summed E-state index contributed by atoms with van der Waals surface area (Å²) in [4.78, 5) is 14.2. The highest BCUT2D eigenvalue weighted by Gasteiger charge is 2.22. The third-order valence-electron chi connectivity index (χ3n) is 3.71. The lowest BCUT2D eigenvalue weighted by atomic mass is 9.89. The van der Waals surface area contributed by atoms with Crippen LogP contribution in [0.3, 0.4) is 0 Å². The van der Waals surface area contributed by atoms with Gasteiger partial charge in [-0.2, -0.15) is 0 Å². The van der Waals surface area contributed by atoms with Crippen LogP contribution in [0.2, 0.25) is 0 Å². The number of esters is 1. The molecule has 0 spiro atoms. The first-order valence-corrected chi connectivity index (χ1v) is 11.2. The fourth-order valence-electron chi connectivity index (χ4n) is 2.26. The van der Waals surface area contributed by atoms with Crippen LogP contribution in [-0.2, 0) is 9.53 Å². The molecule has 0 heterocycles. The molecular formula is C25H42O3S. The van der Waals surface area contributed by atoms with Crippen molar-refractivity contribution in [2.45, 2.75) is 73.1 Å². The van der Waals surface area contributed by atoms with E-state index in [9.17, 15) is 4.79 Å². The van der Waals surface area contributed by atoms with Crippen molar-refractivity contribution in [1.82, 2.24) is 0 Å². The van der Waals surface area contributed by atoms with Crippen LogP contribution in [0.5, 0.6) is 0 Å². The van der Waals surface area contributed by atoms with Crippen LogP contribution in [0.1, 0.15) is 68.2 Å². The quantitative estimate of drug-likeness (QED) is 0.308. The van der Waals surface area contributed by atoms with Gasteiger partial charge in [0.1, 0.15) is 0 Å². The first kappa shape index (κ1) is 31.9. The Hall–Kier alpha value is -1.78. The largest absolute Gasteiger partial charge is 0.465 e. The Labute approximate surface area is 184 Å². The third kappa shape index (κ3) is 11.7. The number of thioether (sulfide) groups is 1. The van der Waals surface area contributed by atoms with Gasteiger partial charge < -0.3 is 9.84 Å². The van der Waals surface area contributed by atoms with E-state index in [1.165, 1.54) is 28.1 Å². The molecule has 0 radical (unpaired) electrons. The summed E-state index contributed by atoms with van der Waals surface area (Å²) in [5.74, 6) is -0.344. The molecule has 0 bridgehead atoms. The van der Waals surface area contributed by atoms with Crippen LogP contribution in [0, 0.1) is 0 Å². The first-order chi connectivity index (χ1) is 14.0. The number of hydrogen-bond acceptors (Lipinski definition) is 4. The lowest BCUT2D eigenvalue weighted by Gasteiger charge is -2.23. The minimum Gasteiger partial charge on any atom is -0.465 e. The third-order valence-corrected chi connectivity index (χ3v) is 4.86. The van der Waals surface area contributed by atoms with Crippen molar-refractivity contribution in [3.05, 3.63) is 64.1 Å². The molecule has 166 valence electrons. The molecule has 0 atom stereocenters. The molecule has 0 aromatic heterocycles. The standard InChI is InChI=1S/C18H20O2S.3C2H6.CH4O/c1-12-10-16(14(3)18(19)20-4)17(11-13(12)2)21-15-8-6-5-7-9-15;4*1-2/h5-9H,3,10-11H2,1-2,4H3;3*1-2H3;2H,1H3. The minimum atomic E-state index is -0.344. The molecule has 1 N–H and O–H groups in total. The van der Waals surface area contributed by atoms with Crippen molar-refractivity contribution in [2.75, 3.05) is 14.2 Å². The van der Waals surface area contributed by atoms with E-state index in [1.54, 1.807) is 11.8 Å². The molecule has 4 heteroatoms. The zero-order valence-electron chi connectivity index (χ0n) is 20.2. The van der Waals surface area contributed by atoms with E-state index in [0.717, 1.165) is 25.5 Å². The number of rotatable bonds is 4. The van der Waals surface area contributed by atoms with Gasteiger partial charge in [0.15, 0.2) is 0 Å². The summed E-state index contributed by atoms with van der Waals surface area (Å²) in [6, 6.07) is 10.2. The van der Waals surface area contributed by atoms with Gasteiger partial charge in [-0.05, 0) is 49.3 Å². The zero-order chi connectivity index (χ0) is 23.4. The number of carbonyl (C=O) groups is 1. The van der Waals surface area contributed by atoms with E-state index < -0.39 is 0 Å². The van der Waals surface area contributed by atoms with Gasteiger partial charge in [0.2, 0.25) is 0 Å². The molecule has 3 nitrogen and oxygen atoms in total. The van der Waals surface area contributed by atoms with E-state index in [2.05, 4.69) is 32.6 Å². The fourth-order valence-corrected chi connectivity index (χ4v) is 3.45. The average molecular weight is 423 g/mol. The first-order valence-electron chi connectivity index (χ1n) is 10.4. The Morgan fingerprint density at radius 1 is 0.931 bits per heavy atom. The number of allylic oxidation sites excluding steroid dienone is 3. The summed E-state index contributed by atoms with van der Waals surface area (Å²) in [6.07, 6.45) is 1.64. The Bertz CT molecular complexity index is 629. The van der Waals surface area contributed by atoms with Crippen molar-refractivity contribution < 1.29 is 14.6 Å². The van der Waals surface area contributed by atoms with Crippen molar-refractivity contribution in [3.63, 3.8) is 0 Å². The summed E-state index contributed by atoms with van der Waals surface area (Å²) < 4.78 is 4.83. The molecule has 1 aliphatic carbocycles. The Morgan fingerprint density at radius 3 is 1.83 bits per heavy atom. The van der Waals surface area contributed by atoms with Crippen LogP contribution >= 0.6 is 11.8 Å². The number of carbonyl (C=O) groups excluding carboxylic acids is 1. The van der Waals surface area contributed by atoms with Crippen molar-refractivity contribution in [3.8, 4) is 0 Å². The van der Waals surface area contributed by atoms with Crippen molar-refractivity contribution in [1.29, 1.82) is 0 Å². The summed E-state index contributed by atoms with van der Waals surface area (Å²) in [6.45, 7) is 20.2. The zero-order valence-corrected chi connectivity index (χ0v) is 21.0. The van der Waals surface area contributed by atoms with E-state index >= 15 is 0 Å². The summed E-state index contributed by atoms with van der Waals surface area (Å²) in [5, 5.41) is 7.00. The lowest BCUT2D eigenvalue weighted by molar-refractivity contribution is -0.135. The van der Waals surface area contributed by atoms with Gasteiger partial charge in [0.05, 0.1) is 12.7 Å². The number of hydrogen-bond donors (Lipinski definition) is 1. The molecule has 1 aromatic rings. The highest BCUT2D eigenvalue weighted by molar-refractivity contribution is 8.03. The smallest absolute Gasteiger partial charge is 0.337 e. The molecule has 29 heavy (non-hydrogen) atoms. The molecule has 0 aliphatic heterocycles. The van der Waals surface area contributed by atoms with E-state index in [0.29, 0.717) is 5.57 Å². The van der Waals surface area contributed by atoms with E-state index in [4.69, 9.17) is 9.84 Å². The highest BCUT2D eigenvalue weighted by atomic mass is 32.2. The summed E-state index contributed by atoms with van der Waals surface area (Å²) in [5.41, 5.74) is 4.17. The fraction of sp³-hybridized carbons (Fsp3) is 0.480. The molecule has 0 saturated heterocycles. The summed E-state index contributed by atoms with van der Waals surface area (Å²) >= 11 is 1.71. The predicted octanol–water partition coefficient (Wildman–Crippen LogP) is 7.58. The average Bonchev–Trinajstić information content (AvgIpc) is 2.81. The number of aliphatic hydroxyl groups excluding tert-OH is 1. The monoisotopic (exact) mass is 422 g/mol. The number of methoxy groups -OCH3 is 1. The van der Waals surface area contributed by atoms with Crippen LogP contribution in [0.4, 0.5) is 0 Å². The van der Waals surface area contributed by atoms with Crippen LogP contribution < -0.4 is 0 Å². The van der Waals surface area contributed by atoms with Gasteiger partial charge in [-0.15, -0.1) is 0 Å². The number of benzene rings is 1. The minimum absolute atomic E-state index is 0.344. The maximum Gasteiger partial charge on any atom is 0.337 e. The van der Waals surface area contributed by atoms with Crippen LogP contribution in [0.25, 0.3) is 0 Å². The van der Waals surface area contributed by atoms with Gasteiger partial charge in [0.25, 0.3) is 0 Å². The molecule has 1 aliphatic rings. The molecular weight excluding hydrogens is 380 g/mol. The second kappa shape index (κ2) is 20.9. The van der Waals surface area contributed by atoms with Crippen LogP contribution in [-0.4, -0.2) is 25.3 Å². The van der Waals surface area contributed by atoms with Crippen molar-refractivity contribution in [2.24, 2.45) is 0 Å². The summed E-state index contributed by atoms with van der Waals surface area (Å²) in [7, 11) is 2.40. The lowest BCUT2D eigenvalue weighted by Crippen LogP contribution is -2.11. The maximum atomic E-state index is 11.8. The molecule has 0 unspecified atom stereocenters. The predicted molar refractivity (Wildman–Crippen MR) is 130 cm³/mol. The molecule has 0 saturated carbocycles. The van der Waals surface area contributed by atoms with Crippen LogP contribution in [0.15, 0.2) is 69.0 Å². The van der Waals surface area contributed by atoms with Gasteiger partial charge in [0, 0.05) is 12.0 Å². The van der Waals surface area contributed by atoms with E-state index in [1.807, 2.05) is 59.7 Å². The Morgan fingerprint density at radius 2 is 1.38 bits per heavy atom. The Balaban J connectivity index is -0.000000754. The molecule has 2 rings (SSSR count). The van der Waals surface area contributed by atoms with Gasteiger partial charge >= 0.3 is 5.97 Å². The molecule has 1 aromatic carbocycles. The topological polar surface area (TPSA) is 46.5 Å².